The molecule has 0 bridgehead atoms. The number of carbonyl (C=O) groups excluding carboxylic acids is 1. The van der Waals surface area contributed by atoms with E-state index in [1.165, 1.54) is 4.57 Å². The largest absolute Gasteiger partial charge is 0.329 e. The van der Waals surface area contributed by atoms with Crippen LogP contribution in [0.2, 0.25) is 0 Å². The van der Waals surface area contributed by atoms with Crippen LogP contribution in [0.25, 0.3) is 10.8 Å². The van der Waals surface area contributed by atoms with Gasteiger partial charge >= 0.3 is 5.69 Å². The van der Waals surface area contributed by atoms with Crippen LogP contribution in [0.4, 0.5) is 0 Å². The van der Waals surface area contributed by atoms with Gasteiger partial charge in [-0.25, -0.2) is 4.79 Å². The molecule has 0 saturated heterocycles. The van der Waals surface area contributed by atoms with Gasteiger partial charge in [-0.1, -0.05) is 54.1 Å². The molecule has 0 saturated carbocycles. The molecule has 0 aliphatic rings. The standard InChI is InChI=1S/C21H20N2O3/c1-13(2)11-12-23-18(14(3)20(25)22-21(23)26)19(24)17-10-6-8-15-7-4-5-9-16(15)17/h4-11H,12H2,1-3H3,(H,22,25,26). The Morgan fingerprint density at radius 2 is 1.77 bits per heavy atom. The maximum Gasteiger partial charge on any atom is 0.329 e. The zero-order valence-electron chi connectivity index (χ0n) is 15.0. The van der Waals surface area contributed by atoms with Crippen molar-refractivity contribution in [2.45, 2.75) is 27.3 Å². The predicted molar refractivity (Wildman–Crippen MR) is 103 cm³/mol. The summed E-state index contributed by atoms with van der Waals surface area (Å²) < 4.78 is 1.33. The molecule has 3 rings (SSSR count). The number of ketones is 1. The highest BCUT2D eigenvalue weighted by atomic mass is 16.2. The fourth-order valence-corrected chi connectivity index (χ4v) is 2.96. The first-order valence-electron chi connectivity index (χ1n) is 8.39. The Labute approximate surface area is 150 Å². The van der Waals surface area contributed by atoms with Crippen molar-refractivity contribution in [3.8, 4) is 0 Å². The fraction of sp³-hybridized carbons (Fsp3) is 0.190. The molecule has 0 fully saturated rings. The molecule has 3 aromatic rings. The van der Waals surface area contributed by atoms with Gasteiger partial charge in [0.1, 0.15) is 5.69 Å². The number of aromatic nitrogens is 2. The Hall–Kier alpha value is -3.21. The van der Waals surface area contributed by atoms with Crippen LogP contribution in [0.5, 0.6) is 0 Å². The SMILES string of the molecule is CC(C)=CCn1c(C(=O)c2cccc3ccccc23)c(C)c(=O)[nH]c1=O. The lowest BCUT2D eigenvalue weighted by molar-refractivity contribution is 0.102. The van der Waals surface area contributed by atoms with Gasteiger partial charge in [-0.2, -0.15) is 0 Å². The maximum atomic E-state index is 13.3. The van der Waals surface area contributed by atoms with Crippen LogP contribution in [0.3, 0.4) is 0 Å². The lowest BCUT2D eigenvalue weighted by Crippen LogP contribution is -2.36. The Bertz CT molecular complexity index is 1140. The monoisotopic (exact) mass is 348 g/mol. The number of allylic oxidation sites excluding steroid dienone is 2. The Morgan fingerprint density at radius 1 is 1.08 bits per heavy atom. The summed E-state index contributed by atoms with van der Waals surface area (Å²) >= 11 is 0. The second kappa shape index (κ2) is 6.96. The summed E-state index contributed by atoms with van der Waals surface area (Å²) in [6.45, 7) is 5.62. The first-order valence-corrected chi connectivity index (χ1v) is 8.39. The van der Waals surface area contributed by atoms with E-state index >= 15 is 0 Å². The fourth-order valence-electron chi connectivity index (χ4n) is 2.96. The van der Waals surface area contributed by atoms with Crippen LogP contribution in [0.15, 0.2) is 63.7 Å². The number of nitrogens with one attached hydrogen (secondary N) is 1. The van der Waals surface area contributed by atoms with Gasteiger partial charge in [-0.05, 0) is 31.5 Å². The lowest BCUT2D eigenvalue weighted by Gasteiger charge is -2.13. The number of H-pyrrole nitrogens is 1. The molecule has 132 valence electrons. The number of hydrogen-bond donors (Lipinski definition) is 1. The average molecular weight is 348 g/mol. The van der Waals surface area contributed by atoms with Crippen LogP contribution in [0, 0.1) is 6.92 Å². The Morgan fingerprint density at radius 3 is 2.50 bits per heavy atom. The van der Waals surface area contributed by atoms with Crippen LogP contribution >= 0.6 is 0 Å². The quantitative estimate of drug-likeness (QED) is 0.581. The van der Waals surface area contributed by atoms with Crippen molar-refractivity contribution in [1.82, 2.24) is 9.55 Å². The molecule has 5 nitrogen and oxygen atoms in total. The van der Waals surface area contributed by atoms with Crippen molar-refractivity contribution in [3.05, 3.63) is 91.8 Å². The number of carbonyl (C=O) groups is 1. The molecule has 1 heterocycles. The van der Waals surface area contributed by atoms with E-state index < -0.39 is 11.2 Å². The maximum absolute atomic E-state index is 13.3. The molecule has 0 aliphatic heterocycles. The molecule has 1 aromatic heterocycles. The molecule has 0 aliphatic carbocycles. The molecule has 5 heteroatoms. The summed E-state index contributed by atoms with van der Waals surface area (Å²) in [6, 6.07) is 13.0. The summed E-state index contributed by atoms with van der Waals surface area (Å²) in [5.41, 5.74) is 0.748. The topological polar surface area (TPSA) is 71.9 Å². The predicted octanol–water partition coefficient (Wildman–Crippen LogP) is 3.20. The molecular formula is C21H20N2O3. The minimum atomic E-state index is -0.582. The third-order valence-corrected chi connectivity index (χ3v) is 4.36. The zero-order valence-corrected chi connectivity index (χ0v) is 15.0. The van der Waals surface area contributed by atoms with E-state index in [-0.39, 0.29) is 23.6 Å². The van der Waals surface area contributed by atoms with Crippen LogP contribution in [0.1, 0.15) is 35.5 Å². The van der Waals surface area contributed by atoms with Gasteiger partial charge in [-0.3, -0.25) is 19.1 Å². The summed E-state index contributed by atoms with van der Waals surface area (Å²) in [5.74, 6) is -0.329. The second-order valence-corrected chi connectivity index (χ2v) is 6.48. The van der Waals surface area contributed by atoms with Crippen molar-refractivity contribution < 1.29 is 4.79 Å². The van der Waals surface area contributed by atoms with Gasteiger partial charge in [0.2, 0.25) is 5.78 Å². The minimum absolute atomic E-state index is 0.132. The van der Waals surface area contributed by atoms with Gasteiger partial charge in [0.05, 0.1) is 0 Å². The summed E-state index contributed by atoms with van der Waals surface area (Å²) in [6.07, 6.45) is 1.85. The van der Waals surface area contributed by atoms with Gasteiger partial charge in [0, 0.05) is 17.7 Å². The molecule has 0 atom stereocenters. The molecule has 0 amide bonds. The first kappa shape index (κ1) is 17.6. The van der Waals surface area contributed by atoms with Crippen LogP contribution in [-0.2, 0) is 6.54 Å². The van der Waals surface area contributed by atoms with Crippen molar-refractivity contribution in [3.63, 3.8) is 0 Å². The normalized spacial score (nSPS) is 10.7. The summed E-state index contributed by atoms with van der Waals surface area (Å²) in [5, 5.41) is 1.72. The number of rotatable bonds is 4. The van der Waals surface area contributed by atoms with E-state index in [9.17, 15) is 14.4 Å². The molecule has 26 heavy (non-hydrogen) atoms. The van der Waals surface area contributed by atoms with E-state index in [0.717, 1.165) is 16.3 Å². The molecule has 0 spiro atoms. The smallest absolute Gasteiger partial charge is 0.287 e. The Kier molecular flexibility index (Phi) is 4.71. The van der Waals surface area contributed by atoms with Gasteiger partial charge < -0.3 is 0 Å². The molecule has 0 unspecified atom stereocenters. The summed E-state index contributed by atoms with van der Waals surface area (Å²) in [7, 11) is 0. The highest BCUT2D eigenvalue weighted by Crippen LogP contribution is 2.21. The van der Waals surface area contributed by atoms with E-state index in [4.69, 9.17) is 0 Å². The molecular weight excluding hydrogens is 328 g/mol. The van der Waals surface area contributed by atoms with Gasteiger partial charge in [0.25, 0.3) is 5.56 Å². The zero-order chi connectivity index (χ0) is 18.8. The number of aromatic amines is 1. The third kappa shape index (κ3) is 3.16. The van der Waals surface area contributed by atoms with Crippen molar-refractivity contribution >= 4 is 16.6 Å². The summed E-state index contributed by atoms with van der Waals surface area (Å²) in [4.78, 5) is 40.1. The lowest BCUT2D eigenvalue weighted by atomic mass is 9.98. The molecule has 1 N–H and O–H groups in total. The third-order valence-electron chi connectivity index (χ3n) is 4.36. The highest BCUT2D eigenvalue weighted by Gasteiger charge is 2.21. The average Bonchev–Trinajstić information content (AvgIpc) is 2.62. The number of hydrogen-bond acceptors (Lipinski definition) is 3. The first-order chi connectivity index (χ1) is 12.4. The van der Waals surface area contributed by atoms with Crippen molar-refractivity contribution in [2.75, 3.05) is 0 Å². The van der Waals surface area contributed by atoms with E-state index in [0.29, 0.717) is 5.56 Å². The van der Waals surface area contributed by atoms with Crippen LogP contribution < -0.4 is 11.2 Å². The Balaban J connectivity index is 2.28. The van der Waals surface area contributed by atoms with Gasteiger partial charge in [0.15, 0.2) is 0 Å². The van der Waals surface area contributed by atoms with E-state index in [2.05, 4.69) is 4.98 Å². The van der Waals surface area contributed by atoms with E-state index in [1.807, 2.05) is 50.3 Å². The molecule has 2 aromatic carbocycles. The highest BCUT2D eigenvalue weighted by molar-refractivity contribution is 6.16. The minimum Gasteiger partial charge on any atom is -0.287 e. The van der Waals surface area contributed by atoms with Gasteiger partial charge in [-0.15, -0.1) is 0 Å². The molecule has 0 radical (unpaired) electrons. The van der Waals surface area contributed by atoms with Crippen LogP contribution in [-0.4, -0.2) is 15.3 Å². The number of fused-ring (bicyclic) bond motifs is 1. The number of nitrogens with zero attached hydrogens (tertiary/aromatic N) is 1. The second-order valence-electron chi connectivity index (χ2n) is 6.48. The van der Waals surface area contributed by atoms with Crippen molar-refractivity contribution in [2.24, 2.45) is 0 Å². The van der Waals surface area contributed by atoms with Crippen molar-refractivity contribution in [1.29, 1.82) is 0 Å². The van der Waals surface area contributed by atoms with E-state index in [1.54, 1.807) is 19.1 Å². The number of benzene rings is 2.